The molecule has 1 amide bonds. The van der Waals surface area contributed by atoms with Crippen LogP contribution in [0, 0.1) is 5.82 Å². The molecule has 1 fully saturated rings. The third-order valence-corrected chi connectivity index (χ3v) is 4.79. The van der Waals surface area contributed by atoms with Crippen molar-refractivity contribution in [3.8, 4) is 0 Å². The van der Waals surface area contributed by atoms with Crippen molar-refractivity contribution in [2.24, 2.45) is 0 Å². The van der Waals surface area contributed by atoms with E-state index in [-0.39, 0.29) is 18.3 Å². The number of amides is 1. The third kappa shape index (κ3) is 6.15. The van der Waals surface area contributed by atoms with Gasteiger partial charge in [-0.15, -0.1) is 0 Å². The minimum absolute atomic E-state index is 0.0896. The van der Waals surface area contributed by atoms with Gasteiger partial charge in [0, 0.05) is 38.9 Å². The fourth-order valence-corrected chi connectivity index (χ4v) is 3.13. The number of nitrogens with one attached hydrogen (secondary N) is 1. The monoisotopic (exact) mass is 410 g/mol. The third-order valence-electron chi connectivity index (χ3n) is 4.79. The summed E-state index contributed by atoms with van der Waals surface area (Å²) in [5.74, 6) is 0.123. The van der Waals surface area contributed by atoms with Crippen molar-refractivity contribution in [2.45, 2.75) is 12.6 Å². The van der Waals surface area contributed by atoms with Crippen LogP contribution in [-0.2, 0) is 17.4 Å². The molecule has 3 rings (SSSR count). The van der Waals surface area contributed by atoms with E-state index in [4.69, 9.17) is 0 Å². The van der Waals surface area contributed by atoms with Gasteiger partial charge in [-0.2, -0.15) is 13.2 Å². The number of hydrogen-bond donors (Lipinski definition) is 1. The number of halogens is 4. The number of carbonyl (C=O) groups is 1. The van der Waals surface area contributed by atoms with Crippen molar-refractivity contribution in [3.63, 3.8) is 0 Å². The maximum absolute atomic E-state index is 12.9. The van der Waals surface area contributed by atoms with Crippen LogP contribution in [0.1, 0.15) is 11.1 Å². The molecule has 0 bridgehead atoms. The van der Waals surface area contributed by atoms with Crippen LogP contribution in [0.4, 0.5) is 23.4 Å². The van der Waals surface area contributed by atoms with Crippen LogP contribution in [0.3, 0.4) is 0 Å². The molecule has 2 aromatic rings. The first-order chi connectivity index (χ1) is 13.8. The first-order valence-electron chi connectivity index (χ1n) is 9.33. The second-order valence-electron chi connectivity index (χ2n) is 6.89. The number of anilines is 1. The van der Waals surface area contributed by atoms with E-state index in [9.17, 15) is 22.4 Å². The van der Waals surface area contributed by atoms with Crippen LogP contribution < -0.4 is 10.2 Å². The summed E-state index contributed by atoms with van der Waals surface area (Å²) >= 11 is 0. The van der Waals surface area contributed by atoms with Crippen LogP contribution in [0.5, 0.6) is 0 Å². The summed E-state index contributed by atoms with van der Waals surface area (Å²) in [6.45, 7) is 3.14. The van der Waals surface area contributed by atoms with Gasteiger partial charge in [0.05, 0.1) is 12.1 Å². The Morgan fingerprint density at radius 2 is 1.72 bits per heavy atom. The Bertz CT molecular complexity index is 801. The van der Waals surface area contributed by atoms with E-state index in [1.54, 1.807) is 12.1 Å². The molecule has 0 spiro atoms. The summed E-state index contributed by atoms with van der Waals surface area (Å²) in [4.78, 5) is 19.9. The molecule has 1 aliphatic heterocycles. The smallest absolute Gasteiger partial charge is 0.355 e. The van der Waals surface area contributed by atoms with E-state index in [0.717, 1.165) is 17.8 Å². The van der Waals surface area contributed by atoms with Gasteiger partial charge in [-0.3, -0.25) is 9.69 Å². The maximum atomic E-state index is 12.9. The number of hydrogen-bond acceptors (Lipinski definition) is 4. The number of rotatable bonds is 6. The highest BCUT2D eigenvalue weighted by Gasteiger charge is 2.31. The van der Waals surface area contributed by atoms with Gasteiger partial charge < -0.3 is 10.2 Å². The van der Waals surface area contributed by atoms with Gasteiger partial charge >= 0.3 is 6.18 Å². The molecule has 1 aromatic heterocycles. The highest BCUT2D eigenvalue weighted by Crippen LogP contribution is 2.29. The molecule has 1 saturated heterocycles. The summed E-state index contributed by atoms with van der Waals surface area (Å²) in [5, 5.41) is 2.85. The molecular weight excluding hydrogens is 388 g/mol. The molecule has 2 heterocycles. The molecule has 1 N–H and O–H groups in total. The van der Waals surface area contributed by atoms with E-state index in [1.807, 2.05) is 9.80 Å². The van der Waals surface area contributed by atoms with E-state index in [2.05, 4.69) is 10.3 Å². The molecule has 0 aliphatic carbocycles. The Morgan fingerprint density at radius 3 is 2.31 bits per heavy atom. The zero-order valence-electron chi connectivity index (χ0n) is 15.8. The van der Waals surface area contributed by atoms with Gasteiger partial charge in [0.1, 0.15) is 11.6 Å². The molecule has 9 heteroatoms. The molecular formula is C20H22F4N4O. The summed E-state index contributed by atoms with van der Waals surface area (Å²) in [6.07, 6.45) is -2.93. The van der Waals surface area contributed by atoms with Gasteiger partial charge in [0.25, 0.3) is 0 Å². The topological polar surface area (TPSA) is 48.5 Å². The second kappa shape index (κ2) is 9.21. The van der Waals surface area contributed by atoms with Gasteiger partial charge in [-0.25, -0.2) is 9.37 Å². The van der Waals surface area contributed by atoms with Crippen molar-refractivity contribution >= 4 is 11.7 Å². The molecule has 1 aromatic carbocycles. The molecule has 1 aliphatic rings. The Hall–Kier alpha value is -2.68. The first-order valence-corrected chi connectivity index (χ1v) is 9.33. The predicted octanol–water partition coefficient (Wildman–Crippen LogP) is 2.72. The van der Waals surface area contributed by atoms with Crippen molar-refractivity contribution in [1.29, 1.82) is 0 Å². The quantitative estimate of drug-likeness (QED) is 0.744. The van der Waals surface area contributed by atoms with E-state index in [1.165, 1.54) is 18.2 Å². The van der Waals surface area contributed by atoms with E-state index in [0.29, 0.717) is 45.0 Å². The Morgan fingerprint density at radius 1 is 1.03 bits per heavy atom. The molecule has 5 nitrogen and oxygen atoms in total. The second-order valence-corrected chi connectivity index (χ2v) is 6.89. The molecule has 156 valence electrons. The normalized spacial score (nSPS) is 15.4. The van der Waals surface area contributed by atoms with Crippen molar-refractivity contribution in [2.75, 3.05) is 44.2 Å². The Balaban J connectivity index is 1.39. The van der Waals surface area contributed by atoms with Crippen LogP contribution in [0.25, 0.3) is 0 Å². The highest BCUT2D eigenvalue weighted by molar-refractivity contribution is 5.78. The summed E-state index contributed by atoms with van der Waals surface area (Å²) in [5.41, 5.74) is 0.182. The van der Waals surface area contributed by atoms with Crippen molar-refractivity contribution in [3.05, 3.63) is 59.5 Å². The first kappa shape index (κ1) is 21.0. The number of pyridine rings is 1. The number of nitrogens with zero attached hydrogens (tertiary/aromatic N) is 3. The van der Waals surface area contributed by atoms with Gasteiger partial charge in [0.2, 0.25) is 5.91 Å². The lowest BCUT2D eigenvalue weighted by Gasteiger charge is -2.35. The van der Waals surface area contributed by atoms with Gasteiger partial charge in [-0.1, -0.05) is 12.1 Å². The van der Waals surface area contributed by atoms with Crippen molar-refractivity contribution < 1.29 is 22.4 Å². The Kier molecular flexibility index (Phi) is 6.68. The fourth-order valence-electron chi connectivity index (χ4n) is 3.13. The lowest BCUT2D eigenvalue weighted by atomic mass is 10.1. The largest absolute Gasteiger partial charge is 0.417 e. The molecule has 0 saturated carbocycles. The van der Waals surface area contributed by atoms with Gasteiger partial charge in [0.15, 0.2) is 0 Å². The highest BCUT2D eigenvalue weighted by atomic mass is 19.4. The average Bonchev–Trinajstić information content (AvgIpc) is 2.69. The lowest BCUT2D eigenvalue weighted by molar-refractivity contribution is -0.137. The van der Waals surface area contributed by atoms with E-state index < -0.39 is 11.7 Å². The molecule has 0 radical (unpaired) electrons. The predicted molar refractivity (Wildman–Crippen MR) is 101 cm³/mol. The summed E-state index contributed by atoms with van der Waals surface area (Å²) in [6, 6.07) is 8.57. The van der Waals surface area contributed by atoms with Crippen LogP contribution >= 0.6 is 0 Å². The van der Waals surface area contributed by atoms with Crippen LogP contribution in [0.2, 0.25) is 0 Å². The minimum atomic E-state index is -4.39. The SMILES string of the molecule is O=C(CN1CCN(c2ccc(C(F)(F)F)cn2)CC1)NCCc1ccc(F)cc1. The number of piperazine rings is 1. The van der Waals surface area contributed by atoms with Gasteiger partial charge in [-0.05, 0) is 36.2 Å². The number of benzene rings is 1. The number of aromatic nitrogens is 1. The zero-order chi connectivity index (χ0) is 20.9. The van der Waals surface area contributed by atoms with Crippen LogP contribution in [-0.4, -0.2) is 55.1 Å². The minimum Gasteiger partial charge on any atom is -0.355 e. The Labute approximate surface area is 166 Å². The number of alkyl halides is 3. The number of carbonyl (C=O) groups excluding carboxylic acids is 1. The summed E-state index contributed by atoms with van der Waals surface area (Å²) < 4.78 is 50.7. The van der Waals surface area contributed by atoms with Crippen molar-refractivity contribution in [1.82, 2.24) is 15.2 Å². The summed E-state index contributed by atoms with van der Waals surface area (Å²) in [7, 11) is 0. The average molecular weight is 410 g/mol. The standard InChI is InChI=1S/C20H22F4N4O/c21-17-4-1-15(2-5-17)7-8-25-19(29)14-27-9-11-28(12-10-27)18-6-3-16(13-26-18)20(22,23)24/h1-6,13H,7-12,14H2,(H,25,29). The molecule has 29 heavy (non-hydrogen) atoms. The molecule has 0 unspecified atom stereocenters. The van der Waals surface area contributed by atoms with Crippen LogP contribution in [0.15, 0.2) is 42.6 Å². The van der Waals surface area contributed by atoms with E-state index >= 15 is 0 Å². The lowest BCUT2D eigenvalue weighted by Crippen LogP contribution is -2.49. The maximum Gasteiger partial charge on any atom is 0.417 e. The molecule has 0 atom stereocenters. The zero-order valence-corrected chi connectivity index (χ0v) is 15.8. The fraction of sp³-hybridized carbons (Fsp3) is 0.400.